The molecule has 1 aromatic heterocycles. The van der Waals surface area contributed by atoms with Crippen molar-refractivity contribution >= 4 is 11.6 Å². The van der Waals surface area contributed by atoms with Crippen LogP contribution in [-0.4, -0.2) is 9.97 Å². The Morgan fingerprint density at radius 3 is 2.21 bits per heavy atom. The van der Waals surface area contributed by atoms with E-state index < -0.39 is 0 Å². The molecule has 2 rings (SSSR count). The number of hydrogen-bond acceptors (Lipinski definition) is 4. The maximum atomic E-state index is 4.01. The third-order valence-corrected chi connectivity index (χ3v) is 1.66. The smallest absolute Gasteiger partial charge is 0.241 e. The van der Waals surface area contributed by atoms with Crippen molar-refractivity contribution in [2.75, 3.05) is 10.9 Å². The van der Waals surface area contributed by atoms with Gasteiger partial charge < -0.3 is 0 Å². The minimum Gasteiger partial charge on any atom is -0.298 e. The van der Waals surface area contributed by atoms with Crippen molar-refractivity contribution in [3.05, 3.63) is 48.8 Å². The third kappa shape index (κ3) is 2.20. The molecule has 0 atom stereocenters. The Bertz CT molecular complexity index is 334. The summed E-state index contributed by atoms with van der Waals surface area (Å²) in [6, 6.07) is 11.6. The lowest BCUT2D eigenvalue weighted by molar-refractivity contribution is 1.14. The fourth-order valence-corrected chi connectivity index (χ4v) is 1.01. The van der Waals surface area contributed by atoms with Gasteiger partial charge in [-0.1, -0.05) is 18.2 Å². The largest absolute Gasteiger partial charge is 0.298 e. The van der Waals surface area contributed by atoms with E-state index in [1.54, 1.807) is 18.5 Å². The molecule has 0 amide bonds. The molecule has 14 heavy (non-hydrogen) atoms. The Labute approximate surface area is 82.0 Å². The number of aromatic nitrogens is 2. The topological polar surface area (TPSA) is 49.8 Å². The molecule has 70 valence electrons. The summed E-state index contributed by atoms with van der Waals surface area (Å²) in [5.41, 5.74) is 6.85. The number of rotatable bonds is 3. The normalized spacial score (nSPS) is 9.43. The van der Waals surface area contributed by atoms with Crippen LogP contribution in [-0.2, 0) is 0 Å². The lowest BCUT2D eigenvalue weighted by atomic mass is 10.3. The average molecular weight is 186 g/mol. The molecule has 0 aliphatic carbocycles. The molecule has 1 heterocycles. The molecule has 2 aromatic rings. The van der Waals surface area contributed by atoms with Gasteiger partial charge in [0.1, 0.15) is 0 Å². The van der Waals surface area contributed by atoms with E-state index in [9.17, 15) is 0 Å². The van der Waals surface area contributed by atoms with Crippen molar-refractivity contribution in [1.29, 1.82) is 0 Å². The SMILES string of the molecule is c1ccc(NNc2ncccn2)cc1. The van der Waals surface area contributed by atoms with Crippen LogP contribution in [0.25, 0.3) is 0 Å². The summed E-state index contributed by atoms with van der Waals surface area (Å²) < 4.78 is 0. The lowest BCUT2D eigenvalue weighted by Crippen LogP contribution is -2.10. The zero-order valence-electron chi connectivity index (χ0n) is 7.51. The van der Waals surface area contributed by atoms with Gasteiger partial charge in [0.2, 0.25) is 5.95 Å². The standard InChI is InChI=1S/C10H10N4/c1-2-5-9(6-3-1)13-14-10-11-7-4-8-12-10/h1-8,13H,(H,11,12,14). The minimum atomic E-state index is 0.552. The van der Waals surface area contributed by atoms with Crippen LogP contribution in [0.3, 0.4) is 0 Å². The van der Waals surface area contributed by atoms with Crippen molar-refractivity contribution < 1.29 is 0 Å². The molecule has 0 spiro atoms. The molecule has 1 aromatic carbocycles. The van der Waals surface area contributed by atoms with Gasteiger partial charge >= 0.3 is 0 Å². The molecule has 2 N–H and O–H groups in total. The molecule has 0 saturated carbocycles. The van der Waals surface area contributed by atoms with Crippen molar-refractivity contribution in [2.45, 2.75) is 0 Å². The van der Waals surface area contributed by atoms with Crippen molar-refractivity contribution in [3.63, 3.8) is 0 Å². The molecule has 0 bridgehead atoms. The first kappa shape index (κ1) is 8.50. The quantitative estimate of drug-likeness (QED) is 0.719. The number of benzene rings is 1. The van der Waals surface area contributed by atoms with Gasteiger partial charge in [-0.2, -0.15) is 0 Å². The summed E-state index contributed by atoms with van der Waals surface area (Å²) in [5, 5.41) is 0. The van der Waals surface area contributed by atoms with Crippen LogP contribution in [0.5, 0.6) is 0 Å². The van der Waals surface area contributed by atoms with Crippen LogP contribution >= 0.6 is 0 Å². The maximum Gasteiger partial charge on any atom is 0.241 e. The van der Waals surface area contributed by atoms with Crippen molar-refractivity contribution in [3.8, 4) is 0 Å². The zero-order valence-corrected chi connectivity index (χ0v) is 7.51. The highest BCUT2D eigenvalue weighted by Crippen LogP contribution is 2.04. The van der Waals surface area contributed by atoms with Crippen LogP contribution < -0.4 is 10.9 Å². The van der Waals surface area contributed by atoms with E-state index >= 15 is 0 Å². The number of para-hydroxylation sites is 1. The fourth-order valence-electron chi connectivity index (χ4n) is 1.01. The van der Waals surface area contributed by atoms with Crippen LogP contribution in [0.2, 0.25) is 0 Å². The molecule has 4 heteroatoms. The highest BCUT2D eigenvalue weighted by atomic mass is 15.4. The van der Waals surface area contributed by atoms with E-state index in [0.29, 0.717) is 5.95 Å². The predicted molar refractivity (Wildman–Crippen MR) is 55.7 cm³/mol. The molecular weight excluding hydrogens is 176 g/mol. The van der Waals surface area contributed by atoms with E-state index in [1.165, 1.54) is 0 Å². The van der Waals surface area contributed by atoms with Gasteiger partial charge in [-0.15, -0.1) is 0 Å². The molecule has 4 nitrogen and oxygen atoms in total. The highest BCUT2D eigenvalue weighted by Gasteiger charge is 1.91. The van der Waals surface area contributed by atoms with Crippen LogP contribution in [0.4, 0.5) is 11.6 Å². The van der Waals surface area contributed by atoms with Crippen molar-refractivity contribution in [1.82, 2.24) is 9.97 Å². The van der Waals surface area contributed by atoms with E-state index in [0.717, 1.165) is 5.69 Å². The van der Waals surface area contributed by atoms with Crippen LogP contribution in [0.15, 0.2) is 48.8 Å². The fraction of sp³-hybridized carbons (Fsp3) is 0. The average Bonchev–Trinajstić information content (AvgIpc) is 2.29. The van der Waals surface area contributed by atoms with E-state index in [-0.39, 0.29) is 0 Å². The monoisotopic (exact) mass is 186 g/mol. The summed E-state index contributed by atoms with van der Waals surface area (Å²) in [4.78, 5) is 8.02. The number of hydrogen-bond donors (Lipinski definition) is 2. The second kappa shape index (κ2) is 4.23. The molecule has 0 radical (unpaired) electrons. The zero-order chi connectivity index (χ0) is 9.64. The van der Waals surface area contributed by atoms with Crippen molar-refractivity contribution in [2.24, 2.45) is 0 Å². The summed E-state index contributed by atoms with van der Waals surface area (Å²) in [6.45, 7) is 0. The van der Waals surface area contributed by atoms with Gasteiger partial charge in [0.15, 0.2) is 0 Å². The van der Waals surface area contributed by atoms with E-state index in [2.05, 4.69) is 20.8 Å². The Hall–Kier alpha value is -2.10. The highest BCUT2D eigenvalue weighted by molar-refractivity contribution is 5.46. The first-order valence-electron chi connectivity index (χ1n) is 4.29. The predicted octanol–water partition coefficient (Wildman–Crippen LogP) is 1.92. The van der Waals surface area contributed by atoms with E-state index in [1.807, 2.05) is 30.3 Å². The first-order valence-corrected chi connectivity index (χ1v) is 4.29. The van der Waals surface area contributed by atoms with Gasteiger partial charge in [0.05, 0.1) is 5.69 Å². The third-order valence-electron chi connectivity index (χ3n) is 1.66. The Kier molecular flexibility index (Phi) is 2.56. The second-order valence-corrected chi connectivity index (χ2v) is 2.69. The molecule has 0 unspecified atom stereocenters. The number of hydrazine groups is 1. The molecule has 0 fully saturated rings. The summed E-state index contributed by atoms with van der Waals surface area (Å²) in [5.74, 6) is 0.552. The van der Waals surface area contributed by atoms with Gasteiger partial charge in [-0.05, 0) is 18.2 Å². The Morgan fingerprint density at radius 1 is 0.786 bits per heavy atom. The number of nitrogens with zero attached hydrogens (tertiary/aromatic N) is 2. The van der Waals surface area contributed by atoms with Gasteiger partial charge in [-0.25, -0.2) is 9.97 Å². The minimum absolute atomic E-state index is 0.552. The molecule has 0 aliphatic rings. The summed E-state index contributed by atoms with van der Waals surface area (Å²) in [6.07, 6.45) is 3.37. The second-order valence-electron chi connectivity index (χ2n) is 2.69. The Balaban J connectivity index is 1.96. The van der Waals surface area contributed by atoms with Gasteiger partial charge in [0.25, 0.3) is 0 Å². The summed E-state index contributed by atoms with van der Waals surface area (Å²) >= 11 is 0. The molecular formula is C10H10N4. The van der Waals surface area contributed by atoms with Crippen LogP contribution in [0.1, 0.15) is 0 Å². The van der Waals surface area contributed by atoms with E-state index in [4.69, 9.17) is 0 Å². The summed E-state index contributed by atoms with van der Waals surface area (Å²) in [7, 11) is 0. The molecule has 0 saturated heterocycles. The van der Waals surface area contributed by atoms with Gasteiger partial charge in [-0.3, -0.25) is 10.9 Å². The first-order chi connectivity index (χ1) is 6.95. The number of nitrogens with one attached hydrogen (secondary N) is 2. The maximum absolute atomic E-state index is 4.01. The van der Waals surface area contributed by atoms with Gasteiger partial charge in [0, 0.05) is 12.4 Å². The Morgan fingerprint density at radius 2 is 1.50 bits per heavy atom. The van der Waals surface area contributed by atoms with Crippen LogP contribution in [0, 0.1) is 0 Å². The lowest BCUT2D eigenvalue weighted by Gasteiger charge is -2.06. The molecule has 0 aliphatic heterocycles. The number of anilines is 2.